The van der Waals surface area contributed by atoms with E-state index in [0.29, 0.717) is 10.2 Å². The van der Waals surface area contributed by atoms with Crippen LogP contribution in [0, 0.1) is 11.3 Å². The van der Waals surface area contributed by atoms with Crippen LogP contribution in [-0.2, 0) is 0 Å². The van der Waals surface area contributed by atoms with E-state index in [0.717, 1.165) is 5.92 Å². The highest BCUT2D eigenvalue weighted by molar-refractivity contribution is 9.09. The second kappa shape index (κ2) is 5.53. The number of rotatable bonds is 4. The number of hydrogen-bond acceptors (Lipinski definition) is 0. The maximum atomic E-state index is 3.81. The normalized spacial score (nSPS) is 21.4. The van der Waals surface area contributed by atoms with Crippen molar-refractivity contribution >= 4 is 15.9 Å². The molecule has 0 N–H and O–H groups in total. The van der Waals surface area contributed by atoms with Crippen LogP contribution < -0.4 is 0 Å². The van der Waals surface area contributed by atoms with Crippen molar-refractivity contribution in [3.8, 4) is 0 Å². The maximum absolute atomic E-state index is 3.81. The van der Waals surface area contributed by atoms with Gasteiger partial charge in [-0.3, -0.25) is 0 Å². The molecular formula is C13H25Br. The van der Waals surface area contributed by atoms with Gasteiger partial charge < -0.3 is 0 Å². The summed E-state index contributed by atoms with van der Waals surface area (Å²) in [6, 6.07) is 0. The van der Waals surface area contributed by atoms with Crippen LogP contribution in [0.2, 0.25) is 0 Å². The van der Waals surface area contributed by atoms with Crippen molar-refractivity contribution in [2.75, 3.05) is 0 Å². The third kappa shape index (κ3) is 4.33. The molecule has 0 aromatic rings. The maximum Gasteiger partial charge on any atom is 0.0194 e. The standard InChI is InChI=1S/C13H25Br/c1-13(2,3)12(14)10-6-9-11-7-4-5-8-11/h11-12H,4-10H2,1-3H3. The summed E-state index contributed by atoms with van der Waals surface area (Å²) in [6.07, 6.45) is 10.2. The van der Waals surface area contributed by atoms with Gasteiger partial charge in [-0.1, -0.05) is 75.2 Å². The van der Waals surface area contributed by atoms with Crippen molar-refractivity contribution in [3.05, 3.63) is 0 Å². The van der Waals surface area contributed by atoms with Gasteiger partial charge in [0.1, 0.15) is 0 Å². The van der Waals surface area contributed by atoms with E-state index in [9.17, 15) is 0 Å². The second-order valence-electron chi connectivity index (χ2n) is 5.91. The fraction of sp³-hybridized carbons (Fsp3) is 1.00. The lowest BCUT2D eigenvalue weighted by atomic mass is 9.88. The van der Waals surface area contributed by atoms with Gasteiger partial charge in [-0.05, 0) is 17.8 Å². The molecule has 0 heterocycles. The van der Waals surface area contributed by atoms with Gasteiger partial charge in [-0.2, -0.15) is 0 Å². The highest BCUT2D eigenvalue weighted by atomic mass is 79.9. The molecule has 84 valence electrons. The molecule has 1 aliphatic carbocycles. The van der Waals surface area contributed by atoms with Crippen LogP contribution >= 0.6 is 15.9 Å². The van der Waals surface area contributed by atoms with Crippen LogP contribution in [0.15, 0.2) is 0 Å². The zero-order valence-electron chi connectivity index (χ0n) is 9.98. The zero-order chi connectivity index (χ0) is 10.6. The molecule has 1 saturated carbocycles. The Morgan fingerprint density at radius 2 is 1.79 bits per heavy atom. The van der Waals surface area contributed by atoms with Crippen molar-refractivity contribution in [1.82, 2.24) is 0 Å². The Morgan fingerprint density at radius 3 is 2.29 bits per heavy atom. The molecule has 1 aliphatic rings. The van der Waals surface area contributed by atoms with Gasteiger partial charge in [0.2, 0.25) is 0 Å². The molecule has 0 saturated heterocycles. The molecule has 0 bridgehead atoms. The summed E-state index contributed by atoms with van der Waals surface area (Å²) < 4.78 is 0. The third-order valence-electron chi connectivity index (χ3n) is 3.48. The fourth-order valence-corrected chi connectivity index (χ4v) is 2.64. The van der Waals surface area contributed by atoms with Gasteiger partial charge in [0.25, 0.3) is 0 Å². The number of hydrogen-bond donors (Lipinski definition) is 0. The van der Waals surface area contributed by atoms with Crippen molar-refractivity contribution in [2.24, 2.45) is 11.3 Å². The molecule has 1 heteroatoms. The Morgan fingerprint density at radius 1 is 1.21 bits per heavy atom. The second-order valence-corrected chi connectivity index (χ2v) is 7.02. The molecule has 0 aromatic carbocycles. The summed E-state index contributed by atoms with van der Waals surface area (Å²) in [5.74, 6) is 1.06. The van der Waals surface area contributed by atoms with Gasteiger partial charge in [-0.25, -0.2) is 0 Å². The minimum Gasteiger partial charge on any atom is -0.0885 e. The lowest BCUT2D eigenvalue weighted by Gasteiger charge is -2.25. The molecule has 0 radical (unpaired) electrons. The van der Waals surface area contributed by atoms with Gasteiger partial charge in [0.15, 0.2) is 0 Å². The highest BCUT2D eigenvalue weighted by Gasteiger charge is 2.22. The molecule has 0 spiro atoms. The largest absolute Gasteiger partial charge is 0.0885 e. The first kappa shape index (κ1) is 12.5. The SMILES string of the molecule is CC(C)(C)C(Br)CCCC1CCCC1. The van der Waals surface area contributed by atoms with Gasteiger partial charge in [-0.15, -0.1) is 0 Å². The number of halogens is 1. The van der Waals surface area contributed by atoms with Crippen LogP contribution in [0.5, 0.6) is 0 Å². The minimum absolute atomic E-state index is 0.426. The topological polar surface area (TPSA) is 0 Å². The Labute approximate surface area is 98.0 Å². The molecule has 0 amide bonds. The van der Waals surface area contributed by atoms with Crippen molar-refractivity contribution in [1.29, 1.82) is 0 Å². The number of alkyl halides is 1. The lowest BCUT2D eigenvalue weighted by Crippen LogP contribution is -2.20. The Hall–Kier alpha value is 0.480. The molecule has 14 heavy (non-hydrogen) atoms. The molecule has 1 rings (SSSR count). The van der Waals surface area contributed by atoms with Gasteiger partial charge in [0, 0.05) is 4.83 Å². The summed E-state index contributed by atoms with van der Waals surface area (Å²) >= 11 is 3.81. The average Bonchev–Trinajstić information content (AvgIpc) is 2.55. The Balaban J connectivity index is 2.08. The first-order chi connectivity index (χ1) is 6.50. The van der Waals surface area contributed by atoms with E-state index in [1.165, 1.54) is 44.9 Å². The van der Waals surface area contributed by atoms with Crippen LogP contribution in [0.1, 0.15) is 65.7 Å². The predicted molar refractivity (Wildman–Crippen MR) is 68.0 cm³/mol. The monoisotopic (exact) mass is 260 g/mol. The van der Waals surface area contributed by atoms with Crippen molar-refractivity contribution < 1.29 is 0 Å². The van der Waals surface area contributed by atoms with Crippen molar-refractivity contribution in [3.63, 3.8) is 0 Å². The van der Waals surface area contributed by atoms with E-state index >= 15 is 0 Å². The molecule has 0 nitrogen and oxygen atoms in total. The molecule has 1 unspecified atom stereocenters. The summed E-state index contributed by atoms with van der Waals surface area (Å²) in [7, 11) is 0. The molecule has 1 atom stereocenters. The summed E-state index contributed by atoms with van der Waals surface area (Å²) in [5.41, 5.74) is 0.426. The van der Waals surface area contributed by atoms with Crippen LogP contribution in [0.25, 0.3) is 0 Å². The molecule has 1 fully saturated rings. The zero-order valence-corrected chi connectivity index (χ0v) is 11.6. The molecular weight excluding hydrogens is 236 g/mol. The third-order valence-corrected chi connectivity index (χ3v) is 5.32. The Bertz CT molecular complexity index is 151. The Kier molecular flexibility index (Phi) is 4.96. The summed E-state index contributed by atoms with van der Waals surface area (Å²) in [4.78, 5) is 0.691. The lowest BCUT2D eigenvalue weighted by molar-refractivity contribution is 0.365. The highest BCUT2D eigenvalue weighted by Crippen LogP contribution is 2.33. The van der Waals surface area contributed by atoms with Crippen LogP contribution in [0.4, 0.5) is 0 Å². The van der Waals surface area contributed by atoms with Crippen LogP contribution in [0.3, 0.4) is 0 Å². The van der Waals surface area contributed by atoms with E-state index in [2.05, 4.69) is 36.7 Å². The van der Waals surface area contributed by atoms with Crippen molar-refractivity contribution in [2.45, 2.75) is 70.5 Å². The smallest absolute Gasteiger partial charge is 0.0194 e. The summed E-state index contributed by atoms with van der Waals surface area (Å²) in [6.45, 7) is 6.96. The molecule has 0 aliphatic heterocycles. The van der Waals surface area contributed by atoms with Gasteiger partial charge >= 0.3 is 0 Å². The molecule has 0 aromatic heterocycles. The average molecular weight is 261 g/mol. The quantitative estimate of drug-likeness (QED) is 0.613. The predicted octanol–water partition coefficient (Wildman–Crippen LogP) is 5.16. The summed E-state index contributed by atoms with van der Waals surface area (Å²) in [5, 5.41) is 0. The van der Waals surface area contributed by atoms with E-state index in [-0.39, 0.29) is 0 Å². The van der Waals surface area contributed by atoms with E-state index in [4.69, 9.17) is 0 Å². The fourth-order valence-electron chi connectivity index (χ4n) is 2.32. The van der Waals surface area contributed by atoms with E-state index < -0.39 is 0 Å². The first-order valence-electron chi connectivity index (χ1n) is 6.14. The van der Waals surface area contributed by atoms with E-state index in [1.807, 2.05) is 0 Å². The van der Waals surface area contributed by atoms with Crippen LogP contribution in [-0.4, -0.2) is 4.83 Å². The van der Waals surface area contributed by atoms with E-state index in [1.54, 1.807) is 0 Å². The van der Waals surface area contributed by atoms with Gasteiger partial charge in [0.05, 0.1) is 0 Å². The first-order valence-corrected chi connectivity index (χ1v) is 7.06. The minimum atomic E-state index is 0.426.